The van der Waals surface area contributed by atoms with Gasteiger partial charge in [-0.05, 0) is 0 Å². The molecule has 0 bridgehead atoms. The van der Waals surface area contributed by atoms with E-state index >= 15 is 0 Å². The molecule has 0 aliphatic rings. The normalized spacial score (nSPS) is 8.71. The Balaban J connectivity index is 2.56. The van der Waals surface area contributed by atoms with Gasteiger partial charge >= 0.3 is 0 Å². The maximum absolute atomic E-state index is 7.70. The van der Waals surface area contributed by atoms with Gasteiger partial charge in [-0.1, -0.05) is 6.08 Å². The SMILES string of the molecule is C=CCNCOO. The zero-order chi connectivity index (χ0) is 5.54. The summed E-state index contributed by atoms with van der Waals surface area (Å²) in [6.45, 7) is 4.24. The molecular weight excluding hydrogens is 94.0 g/mol. The van der Waals surface area contributed by atoms with Crippen LogP contribution in [0.5, 0.6) is 0 Å². The van der Waals surface area contributed by atoms with E-state index in [-0.39, 0.29) is 6.73 Å². The molecule has 7 heavy (non-hydrogen) atoms. The molecule has 42 valence electrons. The average molecular weight is 103 g/mol. The lowest BCUT2D eigenvalue weighted by molar-refractivity contribution is -0.247. The maximum Gasteiger partial charge on any atom is 0.133 e. The summed E-state index contributed by atoms with van der Waals surface area (Å²) >= 11 is 0. The second-order valence-corrected chi connectivity index (χ2v) is 1.02. The predicted molar refractivity (Wildman–Crippen MR) is 26.8 cm³/mol. The van der Waals surface area contributed by atoms with E-state index in [0.717, 1.165) is 0 Å². The summed E-state index contributed by atoms with van der Waals surface area (Å²) in [5.41, 5.74) is 0. The van der Waals surface area contributed by atoms with Gasteiger partial charge in [0.25, 0.3) is 0 Å². The second kappa shape index (κ2) is 5.62. The molecule has 3 heteroatoms. The minimum absolute atomic E-state index is 0.159. The zero-order valence-corrected chi connectivity index (χ0v) is 4.05. The van der Waals surface area contributed by atoms with Gasteiger partial charge in [-0.15, -0.1) is 6.58 Å². The van der Waals surface area contributed by atoms with Gasteiger partial charge in [0.05, 0.1) is 0 Å². The lowest BCUT2D eigenvalue weighted by Gasteiger charge is -1.92. The summed E-state index contributed by atoms with van der Waals surface area (Å²) in [6.07, 6.45) is 1.68. The molecule has 0 aromatic heterocycles. The van der Waals surface area contributed by atoms with Gasteiger partial charge in [0.1, 0.15) is 6.73 Å². The highest BCUT2D eigenvalue weighted by Crippen LogP contribution is 1.59. The third-order valence-corrected chi connectivity index (χ3v) is 0.455. The summed E-state index contributed by atoms with van der Waals surface area (Å²) in [4.78, 5) is 3.68. The molecule has 0 unspecified atom stereocenters. The summed E-state index contributed by atoms with van der Waals surface area (Å²) in [6, 6.07) is 0. The molecule has 2 N–H and O–H groups in total. The van der Waals surface area contributed by atoms with E-state index in [2.05, 4.69) is 16.8 Å². The summed E-state index contributed by atoms with van der Waals surface area (Å²) in [5, 5.41) is 10.4. The molecule has 0 heterocycles. The Morgan fingerprint density at radius 3 is 3.00 bits per heavy atom. The van der Waals surface area contributed by atoms with Crippen molar-refractivity contribution in [3.63, 3.8) is 0 Å². The number of hydrogen-bond donors (Lipinski definition) is 2. The zero-order valence-electron chi connectivity index (χ0n) is 4.05. The van der Waals surface area contributed by atoms with E-state index in [4.69, 9.17) is 5.26 Å². The van der Waals surface area contributed by atoms with Crippen LogP contribution in [0.1, 0.15) is 0 Å². The number of hydrogen-bond acceptors (Lipinski definition) is 3. The smallest absolute Gasteiger partial charge is 0.133 e. The fourth-order valence-corrected chi connectivity index (χ4v) is 0.207. The van der Waals surface area contributed by atoms with Crippen molar-refractivity contribution in [2.45, 2.75) is 0 Å². The average Bonchev–Trinajstić information content (AvgIpc) is 1.69. The van der Waals surface area contributed by atoms with E-state index < -0.39 is 0 Å². The van der Waals surface area contributed by atoms with Crippen LogP contribution >= 0.6 is 0 Å². The quantitative estimate of drug-likeness (QED) is 0.176. The molecule has 0 aromatic rings. The topological polar surface area (TPSA) is 41.5 Å². The van der Waals surface area contributed by atoms with E-state index in [1.165, 1.54) is 0 Å². The van der Waals surface area contributed by atoms with Gasteiger partial charge in [0.15, 0.2) is 0 Å². The molecule has 3 nitrogen and oxygen atoms in total. The highest BCUT2D eigenvalue weighted by Gasteiger charge is 1.74. The van der Waals surface area contributed by atoms with Crippen LogP contribution in [0.3, 0.4) is 0 Å². The molecule has 0 radical (unpaired) electrons. The largest absolute Gasteiger partial charge is 0.289 e. The van der Waals surface area contributed by atoms with Crippen molar-refractivity contribution in [1.29, 1.82) is 0 Å². The lowest BCUT2D eigenvalue weighted by Crippen LogP contribution is -2.15. The van der Waals surface area contributed by atoms with E-state index in [1.807, 2.05) is 0 Å². The molecular formula is C4H9NO2. The van der Waals surface area contributed by atoms with Crippen LogP contribution in [-0.4, -0.2) is 18.5 Å². The van der Waals surface area contributed by atoms with Crippen LogP contribution < -0.4 is 5.32 Å². The van der Waals surface area contributed by atoms with E-state index in [1.54, 1.807) is 6.08 Å². The molecule has 0 saturated carbocycles. The van der Waals surface area contributed by atoms with Crippen LogP contribution in [0.4, 0.5) is 0 Å². The minimum atomic E-state index is 0.159. The molecule has 0 spiro atoms. The first kappa shape index (κ1) is 6.62. The van der Waals surface area contributed by atoms with Crippen LogP contribution in [0.15, 0.2) is 12.7 Å². The molecule has 0 fully saturated rings. The summed E-state index contributed by atoms with van der Waals surface area (Å²) in [7, 11) is 0. The Hall–Kier alpha value is -0.380. The molecule has 0 atom stereocenters. The van der Waals surface area contributed by atoms with Crippen molar-refractivity contribution in [2.24, 2.45) is 0 Å². The maximum atomic E-state index is 7.70. The number of nitrogens with one attached hydrogen (secondary N) is 1. The van der Waals surface area contributed by atoms with E-state index in [9.17, 15) is 0 Å². The number of rotatable bonds is 4. The van der Waals surface area contributed by atoms with Crippen molar-refractivity contribution in [1.82, 2.24) is 5.32 Å². The van der Waals surface area contributed by atoms with Crippen LogP contribution in [0, 0.1) is 0 Å². The Kier molecular flexibility index (Phi) is 5.31. The van der Waals surface area contributed by atoms with Crippen LogP contribution in [-0.2, 0) is 4.89 Å². The minimum Gasteiger partial charge on any atom is -0.289 e. The molecule has 0 aliphatic carbocycles. The standard InChI is InChI=1S/C4H9NO2/c1-2-3-5-4-7-6/h2,5-6H,1,3-4H2. The fourth-order valence-electron chi connectivity index (χ4n) is 0.207. The van der Waals surface area contributed by atoms with Gasteiger partial charge in [0.2, 0.25) is 0 Å². The van der Waals surface area contributed by atoms with Crippen molar-refractivity contribution in [2.75, 3.05) is 13.3 Å². The lowest BCUT2D eigenvalue weighted by atomic mass is 10.6. The highest BCUT2D eigenvalue weighted by atomic mass is 17.1. The fraction of sp³-hybridized carbons (Fsp3) is 0.500. The molecule has 0 amide bonds. The first-order chi connectivity index (χ1) is 3.41. The summed E-state index contributed by atoms with van der Waals surface area (Å²) in [5.74, 6) is 0. The van der Waals surface area contributed by atoms with Crippen molar-refractivity contribution < 1.29 is 10.1 Å². The first-order valence-corrected chi connectivity index (χ1v) is 1.99. The molecule has 0 aromatic carbocycles. The Morgan fingerprint density at radius 2 is 2.57 bits per heavy atom. The third kappa shape index (κ3) is 5.62. The molecule has 0 rings (SSSR count). The Bertz CT molecular complexity index is 47.0. The first-order valence-electron chi connectivity index (χ1n) is 1.99. The third-order valence-electron chi connectivity index (χ3n) is 0.455. The molecule has 0 saturated heterocycles. The van der Waals surface area contributed by atoms with Crippen molar-refractivity contribution in [3.05, 3.63) is 12.7 Å². The second-order valence-electron chi connectivity index (χ2n) is 1.02. The van der Waals surface area contributed by atoms with Crippen LogP contribution in [0.25, 0.3) is 0 Å². The molecule has 0 aliphatic heterocycles. The Labute approximate surface area is 42.5 Å². The van der Waals surface area contributed by atoms with Crippen molar-refractivity contribution >= 4 is 0 Å². The highest BCUT2D eigenvalue weighted by molar-refractivity contribution is 4.67. The van der Waals surface area contributed by atoms with E-state index in [0.29, 0.717) is 6.54 Å². The summed E-state index contributed by atoms with van der Waals surface area (Å²) < 4.78 is 0. The van der Waals surface area contributed by atoms with Crippen molar-refractivity contribution in [3.8, 4) is 0 Å². The van der Waals surface area contributed by atoms with Gasteiger partial charge in [0, 0.05) is 6.54 Å². The van der Waals surface area contributed by atoms with Gasteiger partial charge in [-0.25, -0.2) is 4.89 Å². The van der Waals surface area contributed by atoms with Crippen LogP contribution in [0.2, 0.25) is 0 Å². The van der Waals surface area contributed by atoms with Gasteiger partial charge in [-0.3, -0.25) is 10.6 Å². The monoisotopic (exact) mass is 103 g/mol. The van der Waals surface area contributed by atoms with Gasteiger partial charge in [-0.2, -0.15) is 0 Å². The Morgan fingerprint density at radius 1 is 1.86 bits per heavy atom. The predicted octanol–water partition coefficient (Wildman–Crippen LogP) is 0.209. The van der Waals surface area contributed by atoms with Gasteiger partial charge < -0.3 is 0 Å².